The monoisotopic (exact) mass is 267 g/mol. The maximum Gasteiger partial charge on any atom is 0.0713 e. The van der Waals surface area contributed by atoms with E-state index in [1.54, 1.807) is 6.20 Å². The molecule has 0 fully saturated rings. The summed E-state index contributed by atoms with van der Waals surface area (Å²) in [4.78, 5) is 10.9. The largest absolute Gasteiger partial charge is 0.296 e. The smallest absolute Gasteiger partial charge is 0.0713 e. The fourth-order valence-electron chi connectivity index (χ4n) is 2.36. The van der Waals surface area contributed by atoms with Crippen molar-refractivity contribution in [3.05, 3.63) is 53.7 Å². The van der Waals surface area contributed by atoms with Crippen molar-refractivity contribution in [3.63, 3.8) is 0 Å². The minimum Gasteiger partial charge on any atom is -0.296 e. The Hall–Kier alpha value is -2.27. The Bertz CT molecular complexity index is 705. The summed E-state index contributed by atoms with van der Waals surface area (Å²) in [5.74, 6) is 0. The first-order valence-electron chi connectivity index (χ1n) is 6.59. The van der Waals surface area contributed by atoms with Crippen LogP contribution in [0, 0.1) is 6.92 Å². The predicted molar refractivity (Wildman–Crippen MR) is 78.0 cm³/mol. The van der Waals surface area contributed by atoms with Gasteiger partial charge >= 0.3 is 0 Å². The van der Waals surface area contributed by atoms with E-state index in [-0.39, 0.29) is 0 Å². The highest BCUT2D eigenvalue weighted by Crippen LogP contribution is 2.19. The van der Waals surface area contributed by atoms with Crippen LogP contribution in [-0.4, -0.2) is 32.1 Å². The van der Waals surface area contributed by atoms with Crippen LogP contribution < -0.4 is 0 Å². The zero-order valence-corrected chi connectivity index (χ0v) is 11.7. The molecule has 0 aliphatic carbocycles. The third-order valence-corrected chi connectivity index (χ3v) is 3.35. The molecule has 0 amide bonds. The highest BCUT2D eigenvalue weighted by molar-refractivity contribution is 5.82. The summed E-state index contributed by atoms with van der Waals surface area (Å²) in [7, 11) is 2.08. The third-order valence-electron chi connectivity index (χ3n) is 3.35. The maximum atomic E-state index is 4.54. The molecular weight excluding hydrogens is 250 g/mol. The second-order valence-electron chi connectivity index (χ2n) is 5.08. The van der Waals surface area contributed by atoms with Gasteiger partial charge < -0.3 is 0 Å². The molecule has 102 valence electrons. The molecule has 0 bridgehead atoms. The van der Waals surface area contributed by atoms with E-state index < -0.39 is 0 Å². The molecule has 1 N–H and O–H groups in total. The van der Waals surface area contributed by atoms with Gasteiger partial charge in [0.1, 0.15) is 0 Å². The molecule has 0 unspecified atom stereocenters. The molecule has 3 heterocycles. The number of hydrogen-bond donors (Lipinski definition) is 1. The van der Waals surface area contributed by atoms with Crippen molar-refractivity contribution in [3.8, 4) is 0 Å². The Balaban J connectivity index is 1.79. The second-order valence-corrected chi connectivity index (χ2v) is 5.08. The van der Waals surface area contributed by atoms with Crippen molar-refractivity contribution in [1.29, 1.82) is 0 Å². The molecule has 0 aliphatic heterocycles. The Kier molecular flexibility index (Phi) is 3.43. The van der Waals surface area contributed by atoms with Gasteiger partial charge in [-0.3, -0.25) is 20.0 Å². The first kappa shape index (κ1) is 12.7. The number of fused-ring (bicyclic) bond motifs is 1. The minimum atomic E-state index is 0.783. The van der Waals surface area contributed by atoms with Crippen LogP contribution in [0.4, 0.5) is 0 Å². The summed E-state index contributed by atoms with van der Waals surface area (Å²) in [6.07, 6.45) is 7.43. The summed E-state index contributed by atoms with van der Waals surface area (Å²) < 4.78 is 0. The van der Waals surface area contributed by atoms with Crippen molar-refractivity contribution >= 4 is 10.9 Å². The van der Waals surface area contributed by atoms with Crippen molar-refractivity contribution in [1.82, 2.24) is 25.1 Å². The van der Waals surface area contributed by atoms with Gasteiger partial charge in [-0.25, -0.2) is 0 Å². The number of aromatic amines is 1. The van der Waals surface area contributed by atoms with Gasteiger partial charge in [0.05, 0.1) is 17.4 Å². The molecule has 3 aromatic heterocycles. The predicted octanol–water partition coefficient (Wildman–Crippen LogP) is 2.29. The van der Waals surface area contributed by atoms with E-state index in [9.17, 15) is 0 Å². The van der Waals surface area contributed by atoms with Crippen LogP contribution in [0.5, 0.6) is 0 Å². The van der Waals surface area contributed by atoms with Crippen molar-refractivity contribution in [2.45, 2.75) is 20.0 Å². The standard InChI is InChI=1S/C15H17N5/c1-11-6-17-14(13-8-18-19-15(11)13)10-20(2)9-12-4-3-5-16-7-12/h3-8H,9-10H2,1-2H3,(H,18,19). The highest BCUT2D eigenvalue weighted by Gasteiger charge is 2.09. The lowest BCUT2D eigenvalue weighted by Gasteiger charge is -2.16. The van der Waals surface area contributed by atoms with Crippen LogP contribution in [0.1, 0.15) is 16.8 Å². The minimum absolute atomic E-state index is 0.783. The first-order chi connectivity index (χ1) is 9.74. The topological polar surface area (TPSA) is 57.7 Å². The van der Waals surface area contributed by atoms with Gasteiger partial charge in [0.25, 0.3) is 0 Å². The van der Waals surface area contributed by atoms with Gasteiger partial charge in [-0.2, -0.15) is 5.10 Å². The van der Waals surface area contributed by atoms with Gasteiger partial charge in [0.2, 0.25) is 0 Å². The molecule has 3 rings (SSSR count). The van der Waals surface area contributed by atoms with Crippen LogP contribution in [0.2, 0.25) is 0 Å². The normalized spacial score (nSPS) is 11.3. The zero-order valence-electron chi connectivity index (χ0n) is 11.7. The number of aryl methyl sites for hydroxylation is 1. The molecule has 0 radical (unpaired) electrons. The van der Waals surface area contributed by atoms with Crippen molar-refractivity contribution in [2.75, 3.05) is 7.05 Å². The molecule has 3 aromatic rings. The van der Waals surface area contributed by atoms with Crippen LogP contribution in [0.3, 0.4) is 0 Å². The lowest BCUT2D eigenvalue weighted by Crippen LogP contribution is -2.18. The quantitative estimate of drug-likeness (QED) is 0.788. The van der Waals surface area contributed by atoms with Gasteiger partial charge in [-0.15, -0.1) is 0 Å². The third kappa shape index (κ3) is 2.53. The van der Waals surface area contributed by atoms with Gasteiger partial charge in [0, 0.05) is 37.1 Å². The van der Waals surface area contributed by atoms with E-state index >= 15 is 0 Å². The zero-order chi connectivity index (χ0) is 13.9. The van der Waals surface area contributed by atoms with Crippen LogP contribution >= 0.6 is 0 Å². The first-order valence-corrected chi connectivity index (χ1v) is 6.59. The molecule has 0 spiro atoms. The Morgan fingerprint density at radius 1 is 1.20 bits per heavy atom. The van der Waals surface area contributed by atoms with E-state index in [0.717, 1.165) is 35.2 Å². The number of aromatic nitrogens is 4. The summed E-state index contributed by atoms with van der Waals surface area (Å²) in [5.41, 5.74) is 4.44. The summed E-state index contributed by atoms with van der Waals surface area (Å²) in [5, 5.41) is 8.25. The number of rotatable bonds is 4. The number of H-pyrrole nitrogens is 1. The number of pyridine rings is 2. The van der Waals surface area contributed by atoms with Crippen LogP contribution in [0.25, 0.3) is 10.9 Å². The number of hydrogen-bond acceptors (Lipinski definition) is 4. The average Bonchev–Trinajstić information content (AvgIpc) is 2.93. The van der Waals surface area contributed by atoms with E-state index in [0.29, 0.717) is 0 Å². The second kappa shape index (κ2) is 5.38. The van der Waals surface area contributed by atoms with E-state index in [1.807, 2.05) is 31.6 Å². The molecule has 5 heteroatoms. The SMILES string of the molecule is Cc1cnc(CN(C)Cc2cccnc2)c2cn[nH]c12. The van der Waals surface area contributed by atoms with Gasteiger partial charge in [0.15, 0.2) is 0 Å². The number of nitrogens with one attached hydrogen (secondary N) is 1. The Morgan fingerprint density at radius 2 is 2.10 bits per heavy atom. The van der Waals surface area contributed by atoms with Crippen LogP contribution in [-0.2, 0) is 13.1 Å². The summed E-state index contributed by atoms with van der Waals surface area (Å²) in [6.45, 7) is 3.67. The fraction of sp³-hybridized carbons (Fsp3) is 0.267. The molecule has 5 nitrogen and oxygen atoms in total. The van der Waals surface area contributed by atoms with E-state index in [4.69, 9.17) is 0 Å². The van der Waals surface area contributed by atoms with E-state index in [2.05, 4.69) is 38.2 Å². The molecule has 20 heavy (non-hydrogen) atoms. The lowest BCUT2D eigenvalue weighted by atomic mass is 10.1. The highest BCUT2D eigenvalue weighted by atomic mass is 15.1. The molecule has 0 saturated carbocycles. The Morgan fingerprint density at radius 3 is 2.90 bits per heavy atom. The molecule has 0 atom stereocenters. The maximum absolute atomic E-state index is 4.54. The van der Waals surface area contributed by atoms with Crippen LogP contribution in [0.15, 0.2) is 36.9 Å². The summed E-state index contributed by atoms with van der Waals surface area (Å²) >= 11 is 0. The Labute approximate surface area is 117 Å². The van der Waals surface area contributed by atoms with Gasteiger partial charge in [-0.05, 0) is 31.2 Å². The molecule has 0 saturated heterocycles. The number of nitrogens with zero attached hydrogens (tertiary/aromatic N) is 4. The fourth-order valence-corrected chi connectivity index (χ4v) is 2.36. The average molecular weight is 267 g/mol. The van der Waals surface area contributed by atoms with Gasteiger partial charge in [-0.1, -0.05) is 6.07 Å². The lowest BCUT2D eigenvalue weighted by molar-refractivity contribution is 0.316. The molecule has 0 aromatic carbocycles. The van der Waals surface area contributed by atoms with Crippen molar-refractivity contribution < 1.29 is 0 Å². The van der Waals surface area contributed by atoms with E-state index in [1.165, 1.54) is 5.56 Å². The summed E-state index contributed by atoms with van der Waals surface area (Å²) in [6, 6.07) is 4.04. The molecule has 0 aliphatic rings. The van der Waals surface area contributed by atoms with Crippen molar-refractivity contribution in [2.24, 2.45) is 0 Å². The molecular formula is C15H17N5.